The van der Waals surface area contributed by atoms with Crippen molar-refractivity contribution in [1.82, 2.24) is 19.7 Å². The van der Waals surface area contributed by atoms with Gasteiger partial charge in [0.15, 0.2) is 6.61 Å². The number of benzene rings is 3. The van der Waals surface area contributed by atoms with E-state index in [-0.39, 0.29) is 29.0 Å². The highest BCUT2D eigenvalue weighted by Gasteiger charge is 2.31. The number of anilines is 3. The van der Waals surface area contributed by atoms with Crippen molar-refractivity contribution in [3.05, 3.63) is 83.9 Å². The quantitative estimate of drug-likeness (QED) is 0.194. The molecule has 0 atom stereocenters. The van der Waals surface area contributed by atoms with Gasteiger partial charge in [0, 0.05) is 12.2 Å². The number of ether oxygens (including phenoxy) is 1. The minimum absolute atomic E-state index is 0.0593. The molecule has 4 aromatic rings. The topological polar surface area (TPSA) is 118 Å². The molecule has 0 fully saturated rings. The second-order valence-electron chi connectivity index (χ2n) is 8.66. The lowest BCUT2D eigenvalue weighted by atomic mass is 10.0. The summed E-state index contributed by atoms with van der Waals surface area (Å²) in [5.41, 5.74) is 1.27. The average molecular weight is 613 g/mol. The molecule has 0 bridgehead atoms. The Kier molecular flexibility index (Phi) is 8.86. The molecule has 3 aromatic carbocycles. The number of sulfonamides is 1. The number of alkyl halides is 6. The molecule has 9 nitrogen and oxygen atoms in total. The standard InChI is InChI=1S/C26H22F6N6O3S/c1-33-42(39,40)21-11-9-18(10-12-21)17-7-5-16(6-8-17)14-34-22-36-23(38-24(37-22)41-15-25(27,28)29)35-20-4-2-3-19(13-20)26(30,31)32/h2-13,33H,14-15H2,1H3,(H2,34,35,36,37,38). The van der Waals surface area contributed by atoms with Gasteiger partial charge in [0.05, 0.1) is 10.5 Å². The predicted octanol–water partition coefficient (Wildman–Crippen LogP) is 5.76. The fourth-order valence-electron chi connectivity index (χ4n) is 3.55. The number of nitrogens with zero attached hydrogens (tertiary/aromatic N) is 3. The molecule has 1 heterocycles. The van der Waals surface area contributed by atoms with Crippen LogP contribution in [0.2, 0.25) is 0 Å². The van der Waals surface area contributed by atoms with Crippen molar-refractivity contribution in [2.24, 2.45) is 0 Å². The number of hydrogen-bond donors (Lipinski definition) is 3. The van der Waals surface area contributed by atoms with Crippen molar-refractivity contribution in [3.8, 4) is 17.1 Å². The van der Waals surface area contributed by atoms with Crippen molar-refractivity contribution in [2.45, 2.75) is 23.8 Å². The lowest BCUT2D eigenvalue weighted by molar-refractivity contribution is -0.154. The van der Waals surface area contributed by atoms with Crippen LogP contribution in [0.1, 0.15) is 11.1 Å². The number of rotatable bonds is 10. The maximum Gasteiger partial charge on any atom is 0.422 e. The molecule has 222 valence electrons. The second kappa shape index (κ2) is 12.2. The van der Waals surface area contributed by atoms with Crippen LogP contribution in [0, 0.1) is 0 Å². The summed E-state index contributed by atoms with van der Waals surface area (Å²) in [6.07, 6.45) is -9.30. The molecule has 0 amide bonds. The molecule has 42 heavy (non-hydrogen) atoms. The number of nitrogens with one attached hydrogen (secondary N) is 3. The largest absolute Gasteiger partial charge is 0.454 e. The summed E-state index contributed by atoms with van der Waals surface area (Å²) in [7, 11) is -2.25. The Balaban J connectivity index is 1.50. The third-order valence-corrected chi connectivity index (χ3v) is 7.03. The van der Waals surface area contributed by atoms with E-state index in [1.807, 2.05) is 0 Å². The molecule has 0 spiro atoms. The lowest BCUT2D eigenvalue weighted by Crippen LogP contribution is -2.21. The first-order valence-electron chi connectivity index (χ1n) is 12.0. The van der Waals surface area contributed by atoms with Crippen LogP contribution in [0.25, 0.3) is 11.1 Å². The van der Waals surface area contributed by atoms with Crippen LogP contribution in [0.4, 0.5) is 43.9 Å². The third kappa shape index (κ3) is 8.29. The van der Waals surface area contributed by atoms with Gasteiger partial charge in [-0.05, 0) is 54.1 Å². The van der Waals surface area contributed by atoms with Crippen molar-refractivity contribution in [3.63, 3.8) is 0 Å². The zero-order valence-corrected chi connectivity index (χ0v) is 22.4. The molecule has 0 saturated heterocycles. The van der Waals surface area contributed by atoms with E-state index in [9.17, 15) is 34.8 Å². The van der Waals surface area contributed by atoms with E-state index in [1.165, 1.54) is 25.2 Å². The monoisotopic (exact) mass is 612 g/mol. The first kappa shape index (κ1) is 30.5. The van der Waals surface area contributed by atoms with Crippen molar-refractivity contribution in [1.29, 1.82) is 0 Å². The normalized spacial score (nSPS) is 12.2. The van der Waals surface area contributed by atoms with E-state index in [1.54, 1.807) is 36.4 Å². The SMILES string of the molecule is CNS(=O)(=O)c1ccc(-c2ccc(CNc3nc(Nc4cccc(C(F)(F)F)c4)nc(OCC(F)(F)F)n3)cc2)cc1. The van der Waals surface area contributed by atoms with Gasteiger partial charge in [0.2, 0.25) is 21.9 Å². The Morgan fingerprint density at radius 3 is 2.02 bits per heavy atom. The number of halogens is 6. The van der Waals surface area contributed by atoms with Crippen LogP contribution in [0.5, 0.6) is 6.01 Å². The van der Waals surface area contributed by atoms with Crippen molar-refractivity contribution < 1.29 is 39.5 Å². The lowest BCUT2D eigenvalue weighted by Gasteiger charge is -2.13. The molecule has 0 radical (unpaired) electrons. The van der Waals surface area contributed by atoms with Crippen molar-refractivity contribution in [2.75, 3.05) is 24.3 Å². The second-order valence-corrected chi connectivity index (χ2v) is 10.5. The third-order valence-electron chi connectivity index (χ3n) is 5.60. The van der Waals surface area contributed by atoms with Crippen LogP contribution in [0.3, 0.4) is 0 Å². The van der Waals surface area contributed by atoms with Crippen LogP contribution in [0.15, 0.2) is 77.7 Å². The fourth-order valence-corrected chi connectivity index (χ4v) is 4.28. The summed E-state index contributed by atoms with van der Waals surface area (Å²) in [5, 5.41) is 5.36. The Labute approximate surface area is 236 Å². The van der Waals surface area contributed by atoms with Crippen LogP contribution in [-0.4, -0.2) is 43.2 Å². The summed E-state index contributed by atoms with van der Waals surface area (Å²) < 4.78 is 108. The Morgan fingerprint density at radius 2 is 1.43 bits per heavy atom. The van der Waals surface area contributed by atoms with Gasteiger partial charge < -0.3 is 15.4 Å². The summed E-state index contributed by atoms with van der Waals surface area (Å²) in [6, 6.07) is 16.7. The summed E-state index contributed by atoms with van der Waals surface area (Å²) in [4.78, 5) is 11.7. The first-order valence-corrected chi connectivity index (χ1v) is 13.5. The summed E-state index contributed by atoms with van der Waals surface area (Å²) in [5.74, 6) is -0.537. The van der Waals surface area contributed by atoms with Gasteiger partial charge in [-0.1, -0.05) is 42.5 Å². The molecule has 0 aliphatic rings. The van der Waals surface area contributed by atoms with Gasteiger partial charge in [-0.2, -0.15) is 41.3 Å². The van der Waals surface area contributed by atoms with E-state index < -0.39 is 40.6 Å². The van der Waals surface area contributed by atoms with E-state index in [2.05, 4.69) is 35.0 Å². The molecule has 0 unspecified atom stereocenters. The molecular weight excluding hydrogens is 590 g/mol. The summed E-state index contributed by atoms with van der Waals surface area (Å²) >= 11 is 0. The predicted molar refractivity (Wildman–Crippen MR) is 142 cm³/mol. The zero-order valence-electron chi connectivity index (χ0n) is 21.6. The molecule has 16 heteroatoms. The number of aromatic nitrogens is 3. The molecule has 3 N–H and O–H groups in total. The Morgan fingerprint density at radius 1 is 0.810 bits per heavy atom. The smallest absolute Gasteiger partial charge is 0.422 e. The minimum Gasteiger partial charge on any atom is -0.454 e. The van der Waals surface area contributed by atoms with Crippen molar-refractivity contribution >= 4 is 27.6 Å². The fraction of sp³-hybridized carbons (Fsp3) is 0.192. The minimum atomic E-state index is -4.68. The van der Waals surface area contributed by atoms with Crippen LogP contribution in [-0.2, 0) is 22.7 Å². The Hall–Kier alpha value is -4.44. The van der Waals surface area contributed by atoms with Gasteiger partial charge in [0.1, 0.15) is 0 Å². The molecule has 0 aliphatic carbocycles. The van der Waals surface area contributed by atoms with E-state index >= 15 is 0 Å². The van der Waals surface area contributed by atoms with Gasteiger partial charge in [0.25, 0.3) is 0 Å². The Bertz CT molecular complexity index is 1630. The first-order chi connectivity index (χ1) is 19.7. The maximum atomic E-state index is 13.1. The van der Waals surface area contributed by atoms with E-state index in [0.717, 1.165) is 34.9 Å². The van der Waals surface area contributed by atoms with Gasteiger partial charge in [-0.15, -0.1) is 0 Å². The highest BCUT2D eigenvalue weighted by atomic mass is 32.2. The van der Waals surface area contributed by atoms with Crippen LogP contribution < -0.4 is 20.1 Å². The molecule has 0 aliphatic heterocycles. The molecule has 1 aromatic heterocycles. The molecule has 4 rings (SSSR count). The van der Waals surface area contributed by atoms with Gasteiger partial charge in [-0.3, -0.25) is 0 Å². The van der Waals surface area contributed by atoms with Crippen LogP contribution >= 0.6 is 0 Å². The summed E-state index contributed by atoms with van der Waals surface area (Å²) in [6.45, 7) is -1.58. The van der Waals surface area contributed by atoms with Gasteiger partial charge in [-0.25, -0.2) is 13.1 Å². The highest BCUT2D eigenvalue weighted by Crippen LogP contribution is 2.31. The van der Waals surface area contributed by atoms with E-state index in [4.69, 9.17) is 0 Å². The maximum absolute atomic E-state index is 13.1. The van der Waals surface area contributed by atoms with E-state index in [0.29, 0.717) is 0 Å². The van der Waals surface area contributed by atoms with Gasteiger partial charge >= 0.3 is 18.4 Å². The molecular formula is C26H22F6N6O3S. The highest BCUT2D eigenvalue weighted by molar-refractivity contribution is 7.89. The zero-order chi connectivity index (χ0) is 30.5. The number of hydrogen-bond acceptors (Lipinski definition) is 8. The average Bonchev–Trinajstić information content (AvgIpc) is 2.95. The molecule has 0 saturated carbocycles.